The molecule has 1 aliphatic rings. The quantitative estimate of drug-likeness (QED) is 0.487. The summed E-state index contributed by atoms with van der Waals surface area (Å²) in [6.45, 7) is 0. The highest BCUT2D eigenvalue weighted by Crippen LogP contribution is 2.40. The minimum absolute atomic E-state index is 0.0814. The molecule has 120 valence electrons. The molecule has 0 unspecified atom stereocenters. The molecule has 0 fully saturated rings. The first-order chi connectivity index (χ1) is 12.3. The Morgan fingerprint density at radius 3 is 1.76 bits per heavy atom. The van der Waals surface area contributed by atoms with Crippen molar-refractivity contribution in [2.24, 2.45) is 0 Å². The third-order valence-electron chi connectivity index (χ3n) is 4.17. The molecular weight excluding hydrogens is 323 g/mol. The molecule has 25 heavy (non-hydrogen) atoms. The van der Waals surface area contributed by atoms with Gasteiger partial charge in [0.2, 0.25) is 0 Å². The van der Waals surface area contributed by atoms with E-state index in [0.29, 0.717) is 0 Å². The summed E-state index contributed by atoms with van der Waals surface area (Å²) in [4.78, 5) is 0. The van der Waals surface area contributed by atoms with Gasteiger partial charge in [-0.1, -0.05) is 105 Å². The molecule has 3 aromatic carbocycles. The Balaban J connectivity index is 1.88. The summed E-state index contributed by atoms with van der Waals surface area (Å²) in [5, 5.41) is 15.3. The number of allylic oxidation sites excluding steroid dienone is 2. The van der Waals surface area contributed by atoms with E-state index in [1.165, 1.54) is 5.31 Å². The van der Waals surface area contributed by atoms with Crippen molar-refractivity contribution in [3.05, 3.63) is 119 Å². The maximum Gasteiger partial charge on any atom is 0.0163 e. The predicted molar refractivity (Wildman–Crippen MR) is 105 cm³/mol. The van der Waals surface area contributed by atoms with Crippen LogP contribution in [0.15, 0.2) is 103 Å². The molecule has 0 saturated carbocycles. The largest absolute Gasteiger partial charge is 0.872 e. The molecule has 1 aliphatic heterocycles. The van der Waals surface area contributed by atoms with Crippen LogP contribution in [0.5, 0.6) is 0 Å². The molecule has 4 rings (SSSR count). The zero-order chi connectivity index (χ0) is 17.1. The molecule has 0 saturated heterocycles. The van der Waals surface area contributed by atoms with Crippen LogP contribution in [0, 0.1) is 0 Å². The minimum Gasteiger partial charge on any atom is -0.872 e. The van der Waals surface area contributed by atoms with E-state index in [1.54, 1.807) is 0 Å². The SMILES string of the molecule is [O-]C(=C1C=C(c2ccccc2)P=C1c1ccccc1)c1ccccc1. The molecule has 0 aliphatic carbocycles. The van der Waals surface area contributed by atoms with Crippen molar-refractivity contribution in [3.63, 3.8) is 0 Å². The summed E-state index contributed by atoms with van der Waals surface area (Å²) in [6.07, 6.45) is 2.05. The van der Waals surface area contributed by atoms with E-state index >= 15 is 0 Å². The molecule has 3 aromatic rings. The van der Waals surface area contributed by atoms with E-state index in [2.05, 4.69) is 30.3 Å². The summed E-state index contributed by atoms with van der Waals surface area (Å²) < 4.78 is 0. The van der Waals surface area contributed by atoms with Crippen molar-refractivity contribution >= 4 is 24.6 Å². The lowest BCUT2D eigenvalue weighted by Crippen LogP contribution is -2.10. The third kappa shape index (κ3) is 3.20. The summed E-state index contributed by atoms with van der Waals surface area (Å²) >= 11 is 0. The number of benzene rings is 3. The molecule has 2 heteroatoms. The van der Waals surface area contributed by atoms with Gasteiger partial charge < -0.3 is 5.11 Å². The van der Waals surface area contributed by atoms with Gasteiger partial charge in [-0.3, -0.25) is 0 Å². The molecule has 0 amide bonds. The van der Waals surface area contributed by atoms with Gasteiger partial charge in [0.05, 0.1) is 0 Å². The Morgan fingerprint density at radius 2 is 1.16 bits per heavy atom. The Hall–Kier alpha value is -2.89. The van der Waals surface area contributed by atoms with E-state index in [-0.39, 0.29) is 5.76 Å². The Morgan fingerprint density at radius 1 is 0.640 bits per heavy atom. The second-order valence-electron chi connectivity index (χ2n) is 5.83. The van der Waals surface area contributed by atoms with Gasteiger partial charge in [-0.15, -0.1) is 0 Å². The van der Waals surface area contributed by atoms with Gasteiger partial charge in [0.25, 0.3) is 0 Å². The van der Waals surface area contributed by atoms with E-state index in [0.717, 1.165) is 35.8 Å². The van der Waals surface area contributed by atoms with Gasteiger partial charge in [-0.25, -0.2) is 0 Å². The summed E-state index contributed by atoms with van der Waals surface area (Å²) in [6, 6.07) is 29.9. The lowest BCUT2D eigenvalue weighted by atomic mass is 9.99. The fraction of sp³-hybridized carbons (Fsp3) is 0. The first-order valence-corrected chi connectivity index (χ1v) is 9.11. The second kappa shape index (κ2) is 6.93. The topological polar surface area (TPSA) is 23.1 Å². The molecule has 0 aromatic heterocycles. The standard InChI is InChI=1S/C23H17OP/c24-22(18-12-6-2-7-13-18)20-16-21(17-10-4-1-5-11-17)25-23(20)19-14-8-3-9-15-19/h1-16,24H/p-1. The second-order valence-corrected chi connectivity index (χ2v) is 6.98. The third-order valence-corrected chi connectivity index (χ3v) is 5.52. The van der Waals surface area contributed by atoms with Crippen LogP contribution in [0.2, 0.25) is 0 Å². The maximum atomic E-state index is 13.1. The van der Waals surface area contributed by atoms with Crippen LogP contribution in [0.25, 0.3) is 11.1 Å². The summed E-state index contributed by atoms with van der Waals surface area (Å²) in [5.41, 5.74) is 3.78. The number of hydrogen-bond donors (Lipinski definition) is 0. The van der Waals surface area contributed by atoms with Crippen molar-refractivity contribution in [2.75, 3.05) is 0 Å². The van der Waals surface area contributed by atoms with Crippen molar-refractivity contribution in [1.29, 1.82) is 0 Å². The number of rotatable bonds is 3. The fourth-order valence-electron chi connectivity index (χ4n) is 2.91. The molecular formula is C23H16OP-. The first kappa shape index (κ1) is 15.6. The Kier molecular flexibility index (Phi) is 4.33. The zero-order valence-electron chi connectivity index (χ0n) is 13.6. The minimum atomic E-state index is 0.0814. The highest BCUT2D eigenvalue weighted by Gasteiger charge is 2.17. The van der Waals surface area contributed by atoms with E-state index in [9.17, 15) is 5.11 Å². The fourth-order valence-corrected chi connectivity index (χ4v) is 4.19. The molecule has 0 atom stereocenters. The summed E-state index contributed by atoms with van der Waals surface area (Å²) in [5.74, 6) is 0.0814. The molecule has 1 nitrogen and oxygen atoms in total. The van der Waals surface area contributed by atoms with Crippen LogP contribution < -0.4 is 5.11 Å². The zero-order valence-corrected chi connectivity index (χ0v) is 14.5. The van der Waals surface area contributed by atoms with Gasteiger partial charge in [0.1, 0.15) is 0 Å². The van der Waals surface area contributed by atoms with Crippen LogP contribution in [0.3, 0.4) is 0 Å². The van der Waals surface area contributed by atoms with Crippen LogP contribution in [0.4, 0.5) is 0 Å². The summed E-state index contributed by atoms with van der Waals surface area (Å²) in [7, 11) is 1.08. The van der Waals surface area contributed by atoms with Crippen molar-refractivity contribution < 1.29 is 5.11 Å². The lowest BCUT2D eigenvalue weighted by molar-refractivity contribution is -0.244. The van der Waals surface area contributed by atoms with Crippen LogP contribution in [0.1, 0.15) is 16.7 Å². The van der Waals surface area contributed by atoms with Gasteiger partial charge in [0, 0.05) is 10.6 Å². The Bertz CT molecular complexity index is 968. The molecule has 0 bridgehead atoms. The predicted octanol–water partition coefficient (Wildman–Crippen LogP) is 4.98. The van der Waals surface area contributed by atoms with Crippen LogP contribution >= 0.6 is 8.20 Å². The van der Waals surface area contributed by atoms with Crippen molar-refractivity contribution in [2.45, 2.75) is 0 Å². The number of hydrogen-bond acceptors (Lipinski definition) is 1. The maximum absolute atomic E-state index is 13.1. The van der Waals surface area contributed by atoms with Crippen LogP contribution in [-0.4, -0.2) is 5.29 Å². The van der Waals surface area contributed by atoms with Crippen molar-refractivity contribution in [3.8, 4) is 0 Å². The van der Waals surface area contributed by atoms with Gasteiger partial charge in [-0.2, -0.15) is 0 Å². The van der Waals surface area contributed by atoms with Gasteiger partial charge in [-0.05, 0) is 28.3 Å². The molecule has 0 radical (unpaired) electrons. The highest BCUT2D eigenvalue weighted by atomic mass is 31.1. The molecule has 0 N–H and O–H groups in total. The molecule has 0 spiro atoms. The van der Waals surface area contributed by atoms with Crippen molar-refractivity contribution in [1.82, 2.24) is 0 Å². The lowest BCUT2D eigenvalue weighted by Gasteiger charge is -2.18. The molecule has 1 heterocycles. The average molecular weight is 339 g/mol. The monoisotopic (exact) mass is 339 g/mol. The van der Waals surface area contributed by atoms with Gasteiger partial charge >= 0.3 is 0 Å². The Labute approximate surface area is 149 Å². The smallest absolute Gasteiger partial charge is 0.0163 e. The van der Waals surface area contributed by atoms with E-state index in [4.69, 9.17) is 0 Å². The normalized spacial score (nSPS) is 16.2. The van der Waals surface area contributed by atoms with E-state index < -0.39 is 0 Å². The van der Waals surface area contributed by atoms with Gasteiger partial charge in [0.15, 0.2) is 0 Å². The van der Waals surface area contributed by atoms with E-state index in [1.807, 2.05) is 66.7 Å². The highest BCUT2D eigenvalue weighted by molar-refractivity contribution is 7.54. The van der Waals surface area contributed by atoms with Crippen LogP contribution in [-0.2, 0) is 0 Å². The first-order valence-electron chi connectivity index (χ1n) is 8.21. The average Bonchev–Trinajstić information content (AvgIpc) is 3.15.